The maximum absolute atomic E-state index is 15.3. The van der Waals surface area contributed by atoms with E-state index in [2.05, 4.69) is 20.8 Å². The van der Waals surface area contributed by atoms with Crippen molar-refractivity contribution >= 4 is 18.3 Å². The van der Waals surface area contributed by atoms with Crippen LogP contribution in [0.4, 0.5) is 9.59 Å². The highest BCUT2D eigenvalue weighted by Gasteiger charge is 2.60. The Bertz CT molecular complexity index is 3520. The SMILES string of the molecule is CCCCOCC1O[C@H](O)[C@@H](O[C@H]2OC(COCCCC)[C@@H](O[C@@H]3OC4COC(c5ccccc5)O[C@H]4C(OC(=O)OCC4c5ccccc5-c5ccccc54)[C@@H]3OC(=O)c3ccccc3)[C@H](OC(=O)OCC3c4ccccc4-c4ccccc43)C2OCCCC)C(OCCCC)[C@@H]1OCCCC. The first-order chi connectivity index (χ1) is 50.6. The van der Waals surface area contributed by atoms with Crippen molar-refractivity contribution in [3.05, 3.63) is 191 Å². The molecule has 4 saturated heterocycles. The van der Waals surface area contributed by atoms with Gasteiger partial charge in [0.25, 0.3) is 0 Å². The van der Waals surface area contributed by atoms with Crippen LogP contribution in [0.3, 0.4) is 0 Å². The van der Waals surface area contributed by atoms with Crippen molar-refractivity contribution in [3.8, 4) is 22.3 Å². The number of benzene rings is 6. The second-order valence-electron chi connectivity index (χ2n) is 26.9. The molecule has 0 saturated carbocycles. The number of unbranched alkanes of at least 4 members (excludes halogenated alkanes) is 5. The molecule has 6 aromatic rings. The van der Waals surface area contributed by atoms with Gasteiger partial charge in [-0.1, -0.05) is 212 Å². The second-order valence-corrected chi connectivity index (χ2v) is 26.9. The zero-order chi connectivity index (χ0) is 71.4. The van der Waals surface area contributed by atoms with Gasteiger partial charge in [0, 0.05) is 50.4 Å². The minimum Gasteiger partial charge on any atom is -0.449 e. The zero-order valence-electron chi connectivity index (χ0n) is 59.7. The van der Waals surface area contributed by atoms with Crippen LogP contribution >= 0.6 is 0 Å². The topological polar surface area (TPSA) is 228 Å². The van der Waals surface area contributed by atoms with Crippen LogP contribution in [0.1, 0.15) is 155 Å². The normalized spacial score (nSPS) is 27.2. The van der Waals surface area contributed by atoms with Crippen LogP contribution in [0.2, 0.25) is 0 Å². The fourth-order valence-corrected chi connectivity index (χ4v) is 14.4. The highest BCUT2D eigenvalue weighted by Crippen LogP contribution is 2.47. The van der Waals surface area contributed by atoms with Crippen LogP contribution in [0, 0.1) is 0 Å². The molecule has 6 aliphatic rings. The van der Waals surface area contributed by atoms with Gasteiger partial charge in [-0.3, -0.25) is 0 Å². The number of esters is 1. The fourth-order valence-electron chi connectivity index (χ4n) is 14.4. The first-order valence-corrected chi connectivity index (χ1v) is 37.2. The summed E-state index contributed by atoms with van der Waals surface area (Å²) in [6, 6.07) is 49.6. The molecular formula is C82H100O21. The average molecular weight is 1420 g/mol. The molecule has 4 fully saturated rings. The van der Waals surface area contributed by atoms with Crippen molar-refractivity contribution in [2.24, 2.45) is 0 Å². The summed E-state index contributed by atoms with van der Waals surface area (Å²) in [4.78, 5) is 45.1. The number of aliphatic hydroxyl groups is 1. The molecule has 0 spiro atoms. The summed E-state index contributed by atoms with van der Waals surface area (Å²) in [5.41, 5.74) is 8.82. The Hall–Kier alpha value is -7.19. The minimum atomic E-state index is -1.72. The van der Waals surface area contributed by atoms with Crippen LogP contribution < -0.4 is 0 Å². The van der Waals surface area contributed by atoms with Gasteiger partial charge in [-0.05, 0) is 88.7 Å². The van der Waals surface area contributed by atoms with E-state index in [9.17, 15) is 14.7 Å². The van der Waals surface area contributed by atoms with Crippen molar-refractivity contribution in [3.63, 3.8) is 0 Å². The van der Waals surface area contributed by atoms with Crippen LogP contribution in [0.15, 0.2) is 158 Å². The molecule has 4 heterocycles. The summed E-state index contributed by atoms with van der Waals surface area (Å²) in [6.45, 7) is 11.3. The highest BCUT2D eigenvalue weighted by atomic mass is 16.8. The number of aliphatic hydroxyl groups excluding tert-OH is 1. The fraction of sp³-hybridized carbons (Fsp3) is 0.524. The Kier molecular flexibility index (Phi) is 27.6. The van der Waals surface area contributed by atoms with E-state index in [1.807, 2.05) is 141 Å². The van der Waals surface area contributed by atoms with Crippen molar-refractivity contribution < 1.29 is 100 Å². The minimum absolute atomic E-state index is 0.0910. The van der Waals surface area contributed by atoms with E-state index in [1.165, 1.54) is 0 Å². The van der Waals surface area contributed by atoms with Gasteiger partial charge in [-0.15, -0.1) is 0 Å². The number of fused-ring (bicyclic) bond motifs is 7. The number of hydrogen-bond acceptors (Lipinski definition) is 21. The Balaban J connectivity index is 0.935. The highest BCUT2D eigenvalue weighted by molar-refractivity contribution is 5.89. The van der Waals surface area contributed by atoms with Crippen LogP contribution in [0.5, 0.6) is 0 Å². The monoisotopic (exact) mass is 1420 g/mol. The molecular weight excluding hydrogens is 1320 g/mol. The van der Waals surface area contributed by atoms with Gasteiger partial charge in [0.1, 0.15) is 68.1 Å². The van der Waals surface area contributed by atoms with Gasteiger partial charge in [0.05, 0.1) is 25.4 Å². The van der Waals surface area contributed by atoms with E-state index in [1.54, 1.807) is 30.3 Å². The molecule has 0 amide bonds. The number of carbonyl (C=O) groups excluding carboxylic acids is 3. The Morgan fingerprint density at radius 1 is 0.408 bits per heavy atom. The molecule has 21 nitrogen and oxygen atoms in total. The van der Waals surface area contributed by atoms with Gasteiger partial charge >= 0.3 is 18.3 Å². The predicted octanol–water partition coefficient (Wildman–Crippen LogP) is 14.1. The average Bonchev–Trinajstić information content (AvgIpc) is 1.77. The number of hydrogen-bond donors (Lipinski definition) is 1. The lowest BCUT2D eigenvalue weighted by Crippen LogP contribution is -2.69. The first kappa shape index (κ1) is 75.5. The molecule has 4 aliphatic heterocycles. The largest absolute Gasteiger partial charge is 0.508 e. The lowest BCUT2D eigenvalue weighted by atomic mass is 9.95. The Labute approximate surface area is 604 Å². The molecule has 7 unspecified atom stereocenters. The third kappa shape index (κ3) is 18.4. The summed E-state index contributed by atoms with van der Waals surface area (Å²) in [5.74, 6) is -1.53. The molecule has 2 aliphatic carbocycles. The van der Waals surface area contributed by atoms with E-state index in [0.717, 1.165) is 83.0 Å². The van der Waals surface area contributed by atoms with Gasteiger partial charge in [-0.25, -0.2) is 14.4 Å². The Morgan fingerprint density at radius 2 is 0.845 bits per heavy atom. The predicted molar refractivity (Wildman–Crippen MR) is 379 cm³/mol. The zero-order valence-corrected chi connectivity index (χ0v) is 59.7. The van der Waals surface area contributed by atoms with E-state index >= 15 is 4.79 Å². The molecule has 103 heavy (non-hydrogen) atoms. The molecule has 0 bridgehead atoms. The maximum atomic E-state index is 15.3. The maximum Gasteiger partial charge on any atom is 0.508 e. The molecule has 12 rings (SSSR count). The van der Waals surface area contributed by atoms with Crippen molar-refractivity contribution in [1.29, 1.82) is 0 Å². The molecule has 554 valence electrons. The first-order valence-electron chi connectivity index (χ1n) is 37.2. The second kappa shape index (κ2) is 37.7. The summed E-state index contributed by atoms with van der Waals surface area (Å²) < 4.78 is 114. The van der Waals surface area contributed by atoms with E-state index in [0.29, 0.717) is 51.1 Å². The van der Waals surface area contributed by atoms with Crippen molar-refractivity contribution in [2.45, 2.75) is 209 Å². The van der Waals surface area contributed by atoms with Crippen molar-refractivity contribution in [1.82, 2.24) is 0 Å². The quantitative estimate of drug-likeness (QED) is 0.0221. The number of rotatable bonds is 35. The number of carbonyl (C=O) groups is 3. The van der Waals surface area contributed by atoms with Gasteiger partial charge < -0.3 is 85.6 Å². The summed E-state index contributed by atoms with van der Waals surface area (Å²) in [5, 5.41) is 12.4. The third-order valence-corrected chi connectivity index (χ3v) is 19.8. The van der Waals surface area contributed by atoms with Gasteiger partial charge in [0.2, 0.25) is 0 Å². The molecule has 1 N–H and O–H groups in total. The van der Waals surface area contributed by atoms with Gasteiger partial charge in [-0.2, -0.15) is 0 Å². The molecule has 16 atom stereocenters. The standard InChI is InChI=1S/C82H100O21/c1-6-11-42-87-49-64-67(89-44-13-8-3)70(90-45-14-9-4)73(77(84)95-64)101-79-74(91-46-15-10-5)71(102-81(85)93-47-62-58-38-26-22-34-54(58)55-35-23-27-39-59(55)62)68(65(96-79)50-88-43-12-7-2)100-80-75(98-76(83)52-30-18-16-19-31-52)72(69-66(97-80)51-92-78(99-69)53-32-20-17-21-33-53)103-82(86)94-48-63-60-40-28-24-36-56(60)57-37-25-29-41-61(57)63/h16-41,62-75,77-80,84H,6-15,42-51H2,1-5H3/t64?,65?,66?,67-,68-,69-,70?,71+,72?,73+,74?,75+,77+,78?,79-,80+/m1/s1. The van der Waals surface area contributed by atoms with E-state index in [-0.39, 0.29) is 63.6 Å². The lowest BCUT2D eigenvalue weighted by Gasteiger charge is -2.51. The van der Waals surface area contributed by atoms with Crippen molar-refractivity contribution in [2.75, 3.05) is 66.1 Å². The van der Waals surface area contributed by atoms with Gasteiger partial charge in [0.15, 0.2) is 43.5 Å². The van der Waals surface area contributed by atoms with Crippen LogP contribution in [0.25, 0.3) is 22.3 Å². The summed E-state index contributed by atoms with van der Waals surface area (Å²) in [6.07, 6.45) is -15.7. The summed E-state index contributed by atoms with van der Waals surface area (Å²) in [7, 11) is 0. The molecule has 6 aromatic carbocycles. The smallest absolute Gasteiger partial charge is 0.449 e. The van der Waals surface area contributed by atoms with E-state index in [4.69, 9.17) is 80.5 Å². The number of ether oxygens (including phenoxy) is 17. The Morgan fingerprint density at radius 3 is 1.37 bits per heavy atom. The van der Waals surface area contributed by atoms with Crippen LogP contribution in [-0.2, 0) is 80.5 Å². The lowest BCUT2D eigenvalue weighted by molar-refractivity contribution is -0.398. The molecule has 0 aromatic heterocycles. The third-order valence-electron chi connectivity index (χ3n) is 19.8. The van der Waals surface area contributed by atoms with E-state index < -0.39 is 117 Å². The molecule has 0 radical (unpaired) electrons. The van der Waals surface area contributed by atoms with Crippen LogP contribution in [-0.4, -0.2) is 182 Å². The summed E-state index contributed by atoms with van der Waals surface area (Å²) >= 11 is 0. The molecule has 21 heteroatoms.